The molecule has 0 aliphatic carbocycles. The van der Waals surface area contributed by atoms with Gasteiger partial charge >= 0.3 is 12.1 Å². The minimum Gasteiger partial charge on any atom is -0.458 e. The molecular weight excluding hydrogens is 486 g/mol. The van der Waals surface area contributed by atoms with Gasteiger partial charge in [0.2, 0.25) is 0 Å². The summed E-state index contributed by atoms with van der Waals surface area (Å²) in [5, 5.41) is 0.0806. The van der Waals surface area contributed by atoms with Crippen molar-refractivity contribution in [3.63, 3.8) is 0 Å². The van der Waals surface area contributed by atoms with E-state index in [1.807, 2.05) is 30.3 Å². The first-order valence-corrected chi connectivity index (χ1v) is 16.3. The molecule has 1 heterocycles. The monoisotopic (exact) mass is 533 g/mol. The molecule has 1 aliphatic heterocycles. The van der Waals surface area contributed by atoms with Crippen LogP contribution in [-0.2, 0) is 30.1 Å². The first-order chi connectivity index (χ1) is 17.1. The SMILES string of the molecule is CC(C)C(C)(C)[Si](C)(C)OCC[C@H]1C[C@@H](C(=O)OC(C)(C)C)N(C(=O)OCc2ccccc2)[C@@H]1CC=O. The average Bonchev–Trinajstić information content (AvgIpc) is 3.15. The highest BCUT2D eigenvalue weighted by atomic mass is 28.4. The van der Waals surface area contributed by atoms with E-state index in [-0.39, 0.29) is 24.0 Å². The Balaban J connectivity index is 2.23. The number of hydrogen-bond donors (Lipinski definition) is 0. The molecule has 0 aromatic heterocycles. The predicted octanol–water partition coefficient (Wildman–Crippen LogP) is 6.36. The van der Waals surface area contributed by atoms with Crippen LogP contribution in [0.25, 0.3) is 0 Å². The molecule has 0 radical (unpaired) electrons. The van der Waals surface area contributed by atoms with Crippen molar-refractivity contribution < 1.29 is 28.3 Å². The number of aldehydes is 1. The fraction of sp³-hybridized carbons (Fsp3) is 0.690. The van der Waals surface area contributed by atoms with Crippen LogP contribution in [0.3, 0.4) is 0 Å². The number of hydrogen-bond acceptors (Lipinski definition) is 6. The number of nitrogens with zero attached hydrogens (tertiary/aromatic N) is 1. The van der Waals surface area contributed by atoms with E-state index < -0.39 is 38.1 Å². The van der Waals surface area contributed by atoms with Gasteiger partial charge in [-0.2, -0.15) is 0 Å². The Bertz CT molecular complexity index is 909. The molecular formula is C29H47NO6Si. The van der Waals surface area contributed by atoms with E-state index in [1.54, 1.807) is 20.8 Å². The highest BCUT2D eigenvalue weighted by Crippen LogP contribution is 2.45. The molecule has 1 aromatic carbocycles. The molecule has 0 N–H and O–H groups in total. The summed E-state index contributed by atoms with van der Waals surface area (Å²) < 4.78 is 17.8. The Morgan fingerprint density at radius 3 is 2.27 bits per heavy atom. The molecule has 3 atom stereocenters. The zero-order valence-electron chi connectivity index (χ0n) is 24.2. The molecule has 37 heavy (non-hydrogen) atoms. The summed E-state index contributed by atoms with van der Waals surface area (Å²) >= 11 is 0. The van der Waals surface area contributed by atoms with Crippen LogP contribution in [0.1, 0.15) is 73.3 Å². The second-order valence-corrected chi connectivity index (χ2v) is 17.1. The van der Waals surface area contributed by atoms with Crippen molar-refractivity contribution in [2.75, 3.05) is 6.61 Å². The second kappa shape index (κ2) is 12.6. The summed E-state index contributed by atoms with van der Waals surface area (Å²) in [7, 11) is -2.03. The Kier molecular flexibility index (Phi) is 10.5. The predicted molar refractivity (Wildman–Crippen MR) is 148 cm³/mol. The second-order valence-electron chi connectivity index (χ2n) is 12.5. The van der Waals surface area contributed by atoms with Gasteiger partial charge in [0, 0.05) is 19.1 Å². The van der Waals surface area contributed by atoms with E-state index in [4.69, 9.17) is 13.9 Å². The van der Waals surface area contributed by atoms with Gasteiger partial charge < -0.3 is 18.7 Å². The topological polar surface area (TPSA) is 82.1 Å². The van der Waals surface area contributed by atoms with E-state index >= 15 is 0 Å². The Hall–Kier alpha value is -2.19. The van der Waals surface area contributed by atoms with E-state index in [9.17, 15) is 14.4 Å². The maximum atomic E-state index is 13.3. The molecule has 1 saturated heterocycles. The minimum atomic E-state index is -2.03. The summed E-state index contributed by atoms with van der Waals surface area (Å²) in [5.41, 5.74) is 0.150. The number of esters is 1. The van der Waals surface area contributed by atoms with Crippen molar-refractivity contribution in [3.8, 4) is 0 Å². The van der Waals surface area contributed by atoms with Crippen molar-refractivity contribution in [1.82, 2.24) is 4.90 Å². The average molecular weight is 534 g/mol. The van der Waals surface area contributed by atoms with Gasteiger partial charge in [-0.25, -0.2) is 9.59 Å². The van der Waals surface area contributed by atoms with Crippen molar-refractivity contribution in [1.29, 1.82) is 0 Å². The van der Waals surface area contributed by atoms with E-state index in [1.165, 1.54) is 4.90 Å². The lowest BCUT2D eigenvalue weighted by Gasteiger charge is -2.42. The van der Waals surface area contributed by atoms with Gasteiger partial charge in [-0.3, -0.25) is 4.90 Å². The smallest absolute Gasteiger partial charge is 0.411 e. The summed E-state index contributed by atoms with van der Waals surface area (Å²) in [6.45, 7) is 19.4. The maximum absolute atomic E-state index is 13.3. The third-order valence-electron chi connectivity index (χ3n) is 8.14. The molecule has 7 nitrogen and oxygen atoms in total. The molecule has 0 spiro atoms. The zero-order chi connectivity index (χ0) is 28.0. The third-order valence-corrected chi connectivity index (χ3v) is 12.7. The first kappa shape index (κ1) is 31.0. The summed E-state index contributed by atoms with van der Waals surface area (Å²) in [6, 6.07) is 8.12. The van der Waals surface area contributed by atoms with Crippen molar-refractivity contribution in [2.24, 2.45) is 11.8 Å². The number of carbonyl (C=O) groups excluding carboxylic acids is 3. The quantitative estimate of drug-likeness (QED) is 0.187. The van der Waals surface area contributed by atoms with Gasteiger partial charge in [0.1, 0.15) is 24.5 Å². The molecule has 208 valence electrons. The molecule has 8 heteroatoms. The zero-order valence-corrected chi connectivity index (χ0v) is 25.2. The van der Waals surface area contributed by atoms with Crippen LogP contribution in [0.15, 0.2) is 30.3 Å². The lowest BCUT2D eigenvalue weighted by atomic mass is 9.94. The normalized spacial score (nSPS) is 20.7. The first-order valence-electron chi connectivity index (χ1n) is 13.4. The molecule has 1 aliphatic rings. The van der Waals surface area contributed by atoms with Gasteiger partial charge in [0.05, 0.1) is 0 Å². The molecule has 2 rings (SSSR count). The summed E-state index contributed by atoms with van der Waals surface area (Å²) in [4.78, 5) is 39.6. The molecule has 0 saturated carbocycles. The lowest BCUT2D eigenvalue weighted by molar-refractivity contribution is -0.160. The van der Waals surface area contributed by atoms with Crippen molar-refractivity contribution >= 4 is 26.7 Å². The van der Waals surface area contributed by atoms with Gasteiger partial charge in [0.25, 0.3) is 0 Å². The van der Waals surface area contributed by atoms with Crippen LogP contribution in [0.5, 0.6) is 0 Å². The van der Waals surface area contributed by atoms with Gasteiger partial charge in [-0.15, -0.1) is 0 Å². The fourth-order valence-corrected chi connectivity index (χ4v) is 7.10. The standard InChI is InChI=1S/C29H47NO6Si/c1-21(2)29(6,7)37(8,9)35-18-16-23-19-25(26(32)36-28(3,4)5)30(24(23)15-17-31)27(33)34-20-22-13-11-10-12-14-22/h10-14,17,21,23-25H,15-16,18-20H2,1-9H3/t23-,24+,25-/m0/s1. The Morgan fingerprint density at radius 2 is 1.73 bits per heavy atom. The Morgan fingerprint density at radius 1 is 1.11 bits per heavy atom. The molecule has 1 aromatic rings. The van der Waals surface area contributed by atoms with E-state index in [0.717, 1.165) is 11.8 Å². The van der Waals surface area contributed by atoms with Crippen molar-refractivity contribution in [3.05, 3.63) is 35.9 Å². The number of carbonyl (C=O) groups is 3. The van der Waals surface area contributed by atoms with Crippen molar-refractivity contribution in [2.45, 2.75) is 110 Å². The number of benzene rings is 1. The largest absolute Gasteiger partial charge is 0.458 e. The molecule has 1 fully saturated rings. The Labute approximate surface area is 224 Å². The highest BCUT2D eigenvalue weighted by Gasteiger charge is 2.49. The number of amides is 1. The molecule has 1 amide bonds. The number of ether oxygens (including phenoxy) is 2. The van der Waals surface area contributed by atoms with Crippen LogP contribution in [-0.4, -0.2) is 55.9 Å². The summed E-state index contributed by atoms with van der Waals surface area (Å²) in [6.07, 6.45) is 1.39. The lowest BCUT2D eigenvalue weighted by Crippen LogP contribution is -2.48. The van der Waals surface area contributed by atoms with Crippen LogP contribution in [0, 0.1) is 11.8 Å². The minimum absolute atomic E-state index is 0.0806. The van der Waals surface area contributed by atoms with Crippen LogP contribution < -0.4 is 0 Å². The molecule has 0 bridgehead atoms. The third kappa shape index (κ3) is 8.14. The maximum Gasteiger partial charge on any atom is 0.411 e. The van der Waals surface area contributed by atoms with Crippen LogP contribution in [0.4, 0.5) is 4.79 Å². The van der Waals surface area contributed by atoms with Crippen LogP contribution >= 0.6 is 0 Å². The van der Waals surface area contributed by atoms with Crippen LogP contribution in [0.2, 0.25) is 18.1 Å². The van der Waals surface area contributed by atoms with Gasteiger partial charge in [-0.1, -0.05) is 58.0 Å². The summed E-state index contributed by atoms with van der Waals surface area (Å²) in [5.74, 6) is -0.0760. The molecule has 0 unspecified atom stereocenters. The number of rotatable bonds is 11. The fourth-order valence-electron chi connectivity index (χ4n) is 4.71. The number of likely N-dealkylation sites (tertiary alicyclic amines) is 1. The highest BCUT2D eigenvalue weighted by molar-refractivity contribution is 6.74. The van der Waals surface area contributed by atoms with Gasteiger partial charge in [0.15, 0.2) is 8.32 Å². The van der Waals surface area contributed by atoms with Gasteiger partial charge in [-0.05, 0) is 69.1 Å². The van der Waals surface area contributed by atoms with E-state index in [2.05, 4.69) is 40.8 Å². The van der Waals surface area contributed by atoms with E-state index in [0.29, 0.717) is 25.4 Å².